The molecule has 2 aromatic heterocycles. The van der Waals surface area contributed by atoms with Crippen LogP contribution in [0.3, 0.4) is 0 Å². The summed E-state index contributed by atoms with van der Waals surface area (Å²) in [5, 5.41) is 24.0. The molecular weight excluding hydrogens is 534 g/mol. The molecule has 0 saturated carbocycles. The first-order chi connectivity index (χ1) is 20.6. The van der Waals surface area contributed by atoms with Crippen LogP contribution in [0.15, 0.2) is 55.1 Å². The molecule has 1 atom stereocenters. The van der Waals surface area contributed by atoms with Crippen LogP contribution in [-0.2, 0) is 11.3 Å². The van der Waals surface area contributed by atoms with E-state index in [-0.39, 0.29) is 6.10 Å². The zero-order valence-electron chi connectivity index (χ0n) is 23.7. The maximum absolute atomic E-state index is 9.58. The second-order valence-corrected chi connectivity index (χ2v) is 10.7. The molecule has 216 valence electrons. The summed E-state index contributed by atoms with van der Waals surface area (Å²) in [6.07, 6.45) is 7.03. The molecule has 2 aliphatic heterocycles. The van der Waals surface area contributed by atoms with Crippen molar-refractivity contribution in [3.05, 3.63) is 66.2 Å². The molecule has 1 unspecified atom stereocenters. The molecule has 2 aromatic carbocycles. The Kier molecular flexibility index (Phi) is 8.21. The molecule has 42 heavy (non-hydrogen) atoms. The van der Waals surface area contributed by atoms with Crippen LogP contribution in [0.1, 0.15) is 36.8 Å². The van der Waals surface area contributed by atoms with Crippen LogP contribution in [0.2, 0.25) is 0 Å². The fourth-order valence-electron chi connectivity index (χ4n) is 5.43. The van der Waals surface area contributed by atoms with Crippen molar-refractivity contribution in [3.8, 4) is 28.7 Å². The fourth-order valence-corrected chi connectivity index (χ4v) is 5.43. The first-order valence-electron chi connectivity index (χ1n) is 14.1. The summed E-state index contributed by atoms with van der Waals surface area (Å²) in [7, 11) is 1.68. The van der Waals surface area contributed by atoms with Gasteiger partial charge in [0, 0.05) is 18.0 Å². The number of nitriles is 1. The number of nitrogens with zero attached hydrogens (tertiary/aromatic N) is 8. The number of anilines is 2. The molecule has 2 aliphatic rings. The van der Waals surface area contributed by atoms with Gasteiger partial charge in [-0.15, -0.1) is 5.10 Å². The summed E-state index contributed by atoms with van der Waals surface area (Å²) < 4.78 is 18.7. The lowest BCUT2D eigenvalue weighted by atomic mass is 9.88. The summed E-state index contributed by atoms with van der Waals surface area (Å²) in [5.41, 5.74) is 4.18. The number of likely N-dealkylation sites (tertiary alicyclic amines) is 1. The van der Waals surface area contributed by atoms with Crippen molar-refractivity contribution in [1.82, 2.24) is 35.1 Å². The van der Waals surface area contributed by atoms with E-state index in [1.165, 1.54) is 11.9 Å². The van der Waals surface area contributed by atoms with Gasteiger partial charge in [0.25, 0.3) is 0 Å². The molecule has 0 amide bonds. The molecule has 2 saturated heterocycles. The van der Waals surface area contributed by atoms with Crippen molar-refractivity contribution < 1.29 is 14.2 Å². The second-order valence-electron chi connectivity index (χ2n) is 10.7. The Hall–Kier alpha value is -4.60. The van der Waals surface area contributed by atoms with Gasteiger partial charge in [0.15, 0.2) is 0 Å². The third kappa shape index (κ3) is 6.17. The van der Waals surface area contributed by atoms with Gasteiger partial charge in [0.2, 0.25) is 5.95 Å². The third-order valence-electron chi connectivity index (χ3n) is 7.86. The van der Waals surface area contributed by atoms with Crippen LogP contribution in [0.4, 0.5) is 11.6 Å². The van der Waals surface area contributed by atoms with Gasteiger partial charge in [-0.05, 0) is 84.6 Å². The smallest absolute Gasteiger partial charge is 0.227 e. The normalized spacial score (nSPS) is 16.8. The van der Waals surface area contributed by atoms with Gasteiger partial charge in [-0.1, -0.05) is 12.1 Å². The minimum Gasteiger partial charge on any atom is -0.495 e. The number of rotatable bonds is 10. The molecule has 4 aromatic rings. The standard InChI is InChI=1S/C30H33N9O3/c1-20(16-39-19-34-36-37-39)42-28-11-23(3-4-24(28)13-31)25-14-32-30(33-15-25)35-27-6-5-22(12-29(27)40-2)21-7-9-38(10-8-21)26-17-41-18-26/h3-6,11-12,14-15,19-21,26H,7-10,16-18H2,1-2H3,(H,32,33,35). The molecule has 4 heterocycles. The van der Waals surface area contributed by atoms with E-state index < -0.39 is 0 Å². The van der Waals surface area contributed by atoms with Gasteiger partial charge < -0.3 is 19.5 Å². The summed E-state index contributed by atoms with van der Waals surface area (Å²) in [6.45, 7) is 6.30. The van der Waals surface area contributed by atoms with Crippen LogP contribution < -0.4 is 14.8 Å². The quantitative estimate of drug-likeness (QED) is 0.300. The minimum atomic E-state index is -0.254. The Morgan fingerprint density at radius 3 is 2.55 bits per heavy atom. The van der Waals surface area contributed by atoms with E-state index in [4.69, 9.17) is 14.2 Å². The van der Waals surface area contributed by atoms with Gasteiger partial charge in [-0.3, -0.25) is 4.90 Å². The van der Waals surface area contributed by atoms with Crippen molar-refractivity contribution in [2.45, 2.75) is 44.4 Å². The minimum absolute atomic E-state index is 0.254. The number of aromatic nitrogens is 6. The Labute approximate surface area is 244 Å². The Morgan fingerprint density at radius 1 is 1.07 bits per heavy atom. The highest BCUT2D eigenvalue weighted by Gasteiger charge is 2.30. The fraction of sp³-hybridized carbons (Fsp3) is 0.400. The van der Waals surface area contributed by atoms with Gasteiger partial charge in [0.1, 0.15) is 30.0 Å². The molecule has 0 spiro atoms. The largest absolute Gasteiger partial charge is 0.495 e. The SMILES string of the molecule is COc1cc(C2CCN(C3COC3)CC2)ccc1Nc1ncc(-c2ccc(C#N)c(OC(C)Cn3cnnn3)c2)cn1. The molecule has 1 N–H and O–H groups in total. The van der Waals surface area contributed by atoms with Crippen molar-refractivity contribution in [2.24, 2.45) is 0 Å². The average molecular weight is 568 g/mol. The number of ether oxygens (including phenoxy) is 3. The Morgan fingerprint density at radius 2 is 1.88 bits per heavy atom. The molecule has 0 aliphatic carbocycles. The maximum atomic E-state index is 9.58. The molecule has 6 rings (SSSR count). The highest BCUT2D eigenvalue weighted by Crippen LogP contribution is 2.35. The van der Waals surface area contributed by atoms with E-state index in [0.717, 1.165) is 61.7 Å². The highest BCUT2D eigenvalue weighted by molar-refractivity contribution is 5.68. The van der Waals surface area contributed by atoms with Crippen molar-refractivity contribution in [2.75, 3.05) is 38.7 Å². The maximum Gasteiger partial charge on any atom is 0.227 e. The predicted octanol–water partition coefficient (Wildman–Crippen LogP) is 3.80. The van der Waals surface area contributed by atoms with E-state index in [0.29, 0.717) is 35.8 Å². The topological polar surface area (TPSA) is 136 Å². The first-order valence-corrected chi connectivity index (χ1v) is 14.1. The lowest BCUT2D eigenvalue weighted by Gasteiger charge is -2.41. The molecular formula is C30H33N9O3. The molecule has 12 heteroatoms. The number of piperidine rings is 1. The van der Waals surface area contributed by atoms with Gasteiger partial charge in [-0.2, -0.15) is 5.26 Å². The van der Waals surface area contributed by atoms with Gasteiger partial charge >= 0.3 is 0 Å². The van der Waals surface area contributed by atoms with E-state index >= 15 is 0 Å². The first kappa shape index (κ1) is 27.6. The summed E-state index contributed by atoms with van der Waals surface area (Å²) in [5.74, 6) is 2.22. The third-order valence-corrected chi connectivity index (χ3v) is 7.86. The Balaban J connectivity index is 1.11. The van der Waals surface area contributed by atoms with Crippen molar-refractivity contribution >= 4 is 11.6 Å². The van der Waals surface area contributed by atoms with Crippen molar-refractivity contribution in [1.29, 1.82) is 5.26 Å². The van der Waals surface area contributed by atoms with E-state index in [1.807, 2.05) is 25.1 Å². The van der Waals surface area contributed by atoms with Crippen LogP contribution in [0, 0.1) is 11.3 Å². The van der Waals surface area contributed by atoms with Crippen LogP contribution in [0.5, 0.6) is 11.5 Å². The van der Waals surface area contributed by atoms with E-state index in [9.17, 15) is 5.26 Å². The summed E-state index contributed by atoms with van der Waals surface area (Å²) in [6, 6.07) is 14.5. The number of hydrogen-bond acceptors (Lipinski definition) is 11. The Bertz CT molecular complexity index is 1530. The molecule has 0 bridgehead atoms. The second kappa shape index (κ2) is 12.5. The number of benzene rings is 2. The predicted molar refractivity (Wildman–Crippen MR) is 155 cm³/mol. The number of methoxy groups -OCH3 is 1. The average Bonchev–Trinajstić information content (AvgIpc) is 3.50. The van der Waals surface area contributed by atoms with Crippen LogP contribution in [0.25, 0.3) is 11.1 Å². The van der Waals surface area contributed by atoms with Crippen LogP contribution in [-0.4, -0.2) is 80.6 Å². The number of tetrazole rings is 1. The number of nitrogens with one attached hydrogen (secondary N) is 1. The zero-order chi connectivity index (χ0) is 28.9. The lowest BCUT2D eigenvalue weighted by Crippen LogP contribution is -2.51. The van der Waals surface area contributed by atoms with E-state index in [1.54, 1.807) is 30.3 Å². The summed E-state index contributed by atoms with van der Waals surface area (Å²) in [4.78, 5) is 11.6. The molecule has 12 nitrogen and oxygen atoms in total. The monoisotopic (exact) mass is 567 g/mol. The highest BCUT2D eigenvalue weighted by atomic mass is 16.5. The zero-order valence-corrected chi connectivity index (χ0v) is 23.7. The van der Waals surface area contributed by atoms with Gasteiger partial charge in [0.05, 0.1) is 44.2 Å². The van der Waals surface area contributed by atoms with Gasteiger partial charge in [-0.25, -0.2) is 14.6 Å². The number of hydrogen-bond donors (Lipinski definition) is 1. The molecule has 2 fully saturated rings. The molecule has 0 radical (unpaired) electrons. The summed E-state index contributed by atoms with van der Waals surface area (Å²) >= 11 is 0. The van der Waals surface area contributed by atoms with E-state index in [2.05, 4.69) is 53.9 Å². The van der Waals surface area contributed by atoms with Crippen LogP contribution >= 0.6 is 0 Å². The van der Waals surface area contributed by atoms with Crippen molar-refractivity contribution in [3.63, 3.8) is 0 Å². The lowest BCUT2D eigenvalue weighted by molar-refractivity contribution is -0.0712.